The third kappa shape index (κ3) is 4.66. The van der Waals surface area contributed by atoms with Crippen molar-refractivity contribution in [3.63, 3.8) is 0 Å². The summed E-state index contributed by atoms with van der Waals surface area (Å²) >= 11 is -5.95. The van der Waals surface area contributed by atoms with Gasteiger partial charge in [0, 0.05) is 0 Å². The SMILES string of the molecule is [CH2]=[Zr]([CH3])([CH3])([Cl])([Cl])([CH]1C=CC(C2CCCCC2)=C1)[CH]1c2cc(C(C)(C)C)ccc2-c2ccc(C(C)(C)C)cc21. The van der Waals surface area contributed by atoms with E-state index in [1.54, 1.807) is 0 Å². The van der Waals surface area contributed by atoms with Crippen LogP contribution in [0.2, 0.25) is 12.9 Å². The Morgan fingerprint density at radius 3 is 1.68 bits per heavy atom. The molecule has 38 heavy (non-hydrogen) atoms. The summed E-state index contributed by atoms with van der Waals surface area (Å²) in [4.78, 5) is 0. The number of allylic oxidation sites excluding steroid dienone is 4. The fourth-order valence-corrected chi connectivity index (χ4v) is 24.6. The maximum absolute atomic E-state index is 8.36. The zero-order chi connectivity index (χ0) is 28.1. The Morgan fingerprint density at radius 2 is 1.24 bits per heavy atom. The van der Waals surface area contributed by atoms with Gasteiger partial charge in [-0.25, -0.2) is 0 Å². The molecule has 0 radical (unpaired) electrons. The molecule has 0 bridgehead atoms. The van der Waals surface area contributed by atoms with Crippen molar-refractivity contribution < 1.29 is 12.9 Å². The van der Waals surface area contributed by atoms with E-state index in [1.165, 1.54) is 71.1 Å². The Kier molecular flexibility index (Phi) is 5.87. The van der Waals surface area contributed by atoms with Crippen LogP contribution in [-0.4, -0.2) is 4.21 Å². The first-order chi connectivity index (χ1) is 17.1. The van der Waals surface area contributed by atoms with Gasteiger partial charge >= 0.3 is 235 Å². The second kappa shape index (κ2) is 7.75. The van der Waals surface area contributed by atoms with Gasteiger partial charge < -0.3 is 0 Å². The molecule has 2 aromatic rings. The summed E-state index contributed by atoms with van der Waals surface area (Å²) in [5, 5.41) is 0. The van der Waals surface area contributed by atoms with Crippen molar-refractivity contribution in [1.29, 1.82) is 0 Å². The van der Waals surface area contributed by atoms with E-state index in [4.69, 9.17) is 21.2 Å². The first-order valence-corrected chi connectivity index (χ1v) is 30.6. The van der Waals surface area contributed by atoms with Crippen molar-refractivity contribution >= 4 is 21.2 Å². The van der Waals surface area contributed by atoms with Gasteiger partial charge in [-0.1, -0.05) is 0 Å². The first kappa shape index (κ1) is 28.8. The van der Waals surface area contributed by atoms with Crippen molar-refractivity contribution in [1.82, 2.24) is 0 Å². The van der Waals surface area contributed by atoms with Crippen molar-refractivity contribution in [2.75, 3.05) is 0 Å². The molecule has 5 rings (SSSR count). The number of benzene rings is 2. The van der Waals surface area contributed by atoms with E-state index in [1.807, 2.05) is 0 Å². The molecule has 0 amide bonds. The van der Waals surface area contributed by atoms with E-state index in [0.717, 1.165) is 0 Å². The Labute approximate surface area is 233 Å². The molecule has 206 valence electrons. The number of hydrogen-bond donors (Lipinski definition) is 0. The Hall–Kier alpha value is -0.747. The molecule has 1 saturated carbocycles. The van der Waals surface area contributed by atoms with Gasteiger partial charge in [0.05, 0.1) is 0 Å². The molecule has 0 aromatic heterocycles. The van der Waals surface area contributed by atoms with E-state index in [-0.39, 0.29) is 18.1 Å². The van der Waals surface area contributed by atoms with Crippen LogP contribution in [0.4, 0.5) is 0 Å². The molecule has 3 aliphatic rings. The van der Waals surface area contributed by atoms with Crippen LogP contribution in [0.15, 0.2) is 60.2 Å². The van der Waals surface area contributed by atoms with Gasteiger partial charge in [-0.05, 0) is 0 Å². The molecule has 1 unspecified atom stereocenters. The quantitative estimate of drug-likeness (QED) is 0.317. The molecular weight excluding hydrogens is 583 g/mol. The molecule has 3 heteroatoms. The summed E-state index contributed by atoms with van der Waals surface area (Å²) in [5.74, 6) is 0.621. The van der Waals surface area contributed by atoms with E-state index < -0.39 is 12.9 Å². The third-order valence-electron chi connectivity index (χ3n) is 10.2. The van der Waals surface area contributed by atoms with Gasteiger partial charge in [-0.3, -0.25) is 0 Å². The summed E-state index contributed by atoms with van der Waals surface area (Å²) in [5.41, 5.74) is 9.16. The van der Waals surface area contributed by atoms with Gasteiger partial charge in [-0.15, -0.1) is 0 Å². The molecule has 0 aliphatic heterocycles. The zero-order valence-corrected chi connectivity index (χ0v) is 28.9. The van der Waals surface area contributed by atoms with Gasteiger partial charge in [0.15, 0.2) is 0 Å². The predicted molar refractivity (Wildman–Crippen MR) is 169 cm³/mol. The second-order valence-corrected chi connectivity index (χ2v) is 62.6. The van der Waals surface area contributed by atoms with E-state index >= 15 is 0 Å². The molecule has 0 N–H and O–H groups in total. The monoisotopic (exact) mass is 628 g/mol. The van der Waals surface area contributed by atoms with Gasteiger partial charge in [0.2, 0.25) is 0 Å². The van der Waals surface area contributed by atoms with E-state index in [0.29, 0.717) is 5.92 Å². The molecule has 2 aromatic carbocycles. The van der Waals surface area contributed by atoms with Crippen molar-refractivity contribution in [3.8, 4) is 11.1 Å². The fraction of sp³-hybridized carbons (Fsp3) is 0.514. The van der Waals surface area contributed by atoms with Crippen LogP contribution in [0, 0.1) is 5.92 Å². The third-order valence-corrected chi connectivity index (χ3v) is 30.5. The van der Waals surface area contributed by atoms with Gasteiger partial charge in [0.1, 0.15) is 0 Å². The van der Waals surface area contributed by atoms with Crippen molar-refractivity contribution in [3.05, 3.63) is 82.5 Å². The summed E-state index contributed by atoms with van der Waals surface area (Å²) in [6.07, 6.45) is 13.6. The Bertz CT molecular complexity index is 1420. The number of rotatable bonds is 3. The van der Waals surface area contributed by atoms with Gasteiger partial charge in [-0.2, -0.15) is 0 Å². The molecule has 3 aliphatic carbocycles. The normalized spacial score (nSPS) is 23.7. The molecule has 0 spiro atoms. The van der Waals surface area contributed by atoms with E-state index in [9.17, 15) is 0 Å². The molecule has 1 atom stereocenters. The number of hydrogen-bond acceptors (Lipinski definition) is 0. The molecule has 0 nitrogen and oxygen atoms in total. The molecule has 1 fully saturated rings. The summed E-state index contributed by atoms with van der Waals surface area (Å²) in [7, 11) is 16.7. The number of halogens is 2. The summed E-state index contributed by atoms with van der Waals surface area (Å²) in [6, 6.07) is 14.0. The second-order valence-electron chi connectivity index (χ2n) is 16.9. The van der Waals surface area contributed by atoms with E-state index in [2.05, 4.69) is 105 Å². The topological polar surface area (TPSA) is 0 Å². The maximum atomic E-state index is 8.36. The molecular formula is C35H48Cl2Zr. The Balaban J connectivity index is 1.78. The van der Waals surface area contributed by atoms with Crippen LogP contribution in [0.1, 0.15) is 99.5 Å². The van der Waals surface area contributed by atoms with Crippen LogP contribution >= 0.6 is 17.0 Å². The minimum atomic E-state index is -5.95. The van der Waals surface area contributed by atoms with Gasteiger partial charge in [0.25, 0.3) is 0 Å². The van der Waals surface area contributed by atoms with Crippen molar-refractivity contribution in [2.24, 2.45) is 5.92 Å². The summed E-state index contributed by atoms with van der Waals surface area (Å²) in [6.45, 7) is 13.7. The minimum absolute atomic E-state index is 0.0249. The van der Waals surface area contributed by atoms with Crippen LogP contribution < -0.4 is 0 Å². The first-order valence-electron chi connectivity index (χ1n) is 14.8. The standard InChI is InChI=1S/C21H25.C11H15.2CH3.CH2.2ClH.Zr/c1-20(2,3)16-7-9-18-14(12-16)11-15-13-17(21(4,5)6)8-10-19(15)18;1-2-6-10(7-3-1)11-8-4-5-9-11;;;;;;/h7-13H,1-6H3;4-5,8-10H,1-3,6-7H2;2*1H3;1H2;2*1H;/q;;;;;;;+2/p-2. The number of fused-ring (bicyclic) bond motifs is 3. The fourth-order valence-electron chi connectivity index (χ4n) is 7.61. The van der Waals surface area contributed by atoms with Crippen LogP contribution in [0.25, 0.3) is 11.1 Å². The Morgan fingerprint density at radius 1 is 0.763 bits per heavy atom. The van der Waals surface area contributed by atoms with Crippen LogP contribution in [0.5, 0.6) is 0 Å². The summed E-state index contributed by atoms with van der Waals surface area (Å²) < 4.78 is 9.29. The average Bonchev–Trinajstić information content (AvgIpc) is 3.42. The average molecular weight is 631 g/mol. The molecule has 0 heterocycles. The predicted octanol–water partition coefficient (Wildman–Crippen LogP) is 11.8. The molecule has 0 saturated heterocycles. The van der Waals surface area contributed by atoms with Crippen LogP contribution in [0.3, 0.4) is 0 Å². The zero-order valence-electron chi connectivity index (χ0n) is 24.9. The van der Waals surface area contributed by atoms with Crippen LogP contribution in [-0.2, 0) is 23.8 Å². The van der Waals surface area contributed by atoms with Crippen molar-refractivity contribution in [2.45, 2.75) is 101 Å².